The summed E-state index contributed by atoms with van der Waals surface area (Å²) in [5, 5.41) is 26.0. The van der Waals surface area contributed by atoms with Gasteiger partial charge in [0.15, 0.2) is 5.82 Å². The summed E-state index contributed by atoms with van der Waals surface area (Å²) in [5.41, 5.74) is 7.86. The third-order valence-electron chi connectivity index (χ3n) is 4.18. The topological polar surface area (TPSA) is 118 Å². The molecule has 0 saturated heterocycles. The minimum Gasteiger partial charge on any atom is -0.324 e. The van der Waals surface area contributed by atoms with Gasteiger partial charge in [-0.25, -0.2) is 4.99 Å². The first-order valence-electron chi connectivity index (χ1n) is 8.60. The molecule has 8 nitrogen and oxygen atoms in total. The highest BCUT2D eigenvalue weighted by molar-refractivity contribution is 6.00. The van der Waals surface area contributed by atoms with E-state index in [0.29, 0.717) is 17.3 Å². The Balaban J connectivity index is 1.82. The summed E-state index contributed by atoms with van der Waals surface area (Å²) in [6.45, 7) is 0.163. The highest BCUT2D eigenvalue weighted by Gasteiger charge is 2.13. The third-order valence-corrected chi connectivity index (χ3v) is 4.18. The van der Waals surface area contributed by atoms with Gasteiger partial charge in [-0.3, -0.25) is 0 Å². The molecule has 0 aliphatic rings. The second kappa shape index (κ2) is 7.65. The molecule has 1 heterocycles. The SMILES string of the molecule is N#Cc1ccc(NC(=Nc2cccc3ccccc23)n2nnnc2CN)cc1. The van der Waals surface area contributed by atoms with Gasteiger partial charge in [0.25, 0.3) is 0 Å². The van der Waals surface area contributed by atoms with Gasteiger partial charge in [0, 0.05) is 11.1 Å². The van der Waals surface area contributed by atoms with Crippen LogP contribution in [0.4, 0.5) is 11.4 Å². The van der Waals surface area contributed by atoms with Crippen LogP contribution in [0.5, 0.6) is 0 Å². The van der Waals surface area contributed by atoms with Crippen molar-refractivity contribution in [1.29, 1.82) is 5.26 Å². The predicted molar refractivity (Wildman–Crippen MR) is 107 cm³/mol. The standard InChI is InChI=1S/C20H16N8/c21-12-14-8-10-16(11-9-14)23-20(28-19(13-22)25-26-27-28)24-18-7-3-5-15-4-1-2-6-17(15)18/h1-11H,13,22H2,(H,23,24). The fraction of sp³-hybridized carbons (Fsp3) is 0.0500. The molecular formula is C20H16N8. The van der Waals surface area contributed by atoms with Gasteiger partial charge in [0.1, 0.15) is 0 Å². The van der Waals surface area contributed by atoms with E-state index < -0.39 is 0 Å². The highest BCUT2D eigenvalue weighted by atomic mass is 15.6. The van der Waals surface area contributed by atoms with E-state index in [1.807, 2.05) is 42.5 Å². The lowest BCUT2D eigenvalue weighted by molar-refractivity contribution is 0.795. The quantitative estimate of drug-likeness (QED) is 0.424. The van der Waals surface area contributed by atoms with Gasteiger partial charge >= 0.3 is 0 Å². The van der Waals surface area contributed by atoms with Crippen LogP contribution < -0.4 is 11.1 Å². The third kappa shape index (κ3) is 3.42. The first kappa shape index (κ1) is 17.3. The monoisotopic (exact) mass is 368 g/mol. The summed E-state index contributed by atoms with van der Waals surface area (Å²) >= 11 is 0. The number of nitrogens with two attached hydrogens (primary N) is 1. The second-order valence-corrected chi connectivity index (χ2v) is 5.96. The Kier molecular flexibility index (Phi) is 4.74. The molecule has 136 valence electrons. The Morgan fingerprint density at radius 3 is 2.64 bits per heavy atom. The number of fused-ring (bicyclic) bond motifs is 1. The summed E-state index contributed by atoms with van der Waals surface area (Å²) in [5.74, 6) is 0.881. The minimum absolute atomic E-state index is 0.163. The lowest BCUT2D eigenvalue weighted by atomic mass is 10.1. The van der Waals surface area contributed by atoms with E-state index in [0.717, 1.165) is 22.1 Å². The van der Waals surface area contributed by atoms with Crippen molar-refractivity contribution in [3.05, 3.63) is 78.1 Å². The summed E-state index contributed by atoms with van der Waals surface area (Å²) in [4.78, 5) is 4.78. The van der Waals surface area contributed by atoms with Crippen LogP contribution in [0, 0.1) is 11.3 Å². The Morgan fingerprint density at radius 2 is 1.86 bits per heavy atom. The van der Waals surface area contributed by atoms with E-state index in [-0.39, 0.29) is 6.54 Å². The predicted octanol–water partition coefficient (Wildman–Crippen LogP) is 2.80. The Morgan fingerprint density at radius 1 is 1.07 bits per heavy atom. The maximum Gasteiger partial charge on any atom is 0.232 e. The molecular weight excluding hydrogens is 352 g/mol. The van der Waals surface area contributed by atoms with Crippen LogP contribution in [0.15, 0.2) is 71.7 Å². The summed E-state index contributed by atoms with van der Waals surface area (Å²) in [6, 6.07) is 23.0. The first-order valence-corrected chi connectivity index (χ1v) is 8.60. The van der Waals surface area contributed by atoms with Crippen molar-refractivity contribution >= 4 is 28.1 Å². The van der Waals surface area contributed by atoms with E-state index in [9.17, 15) is 0 Å². The normalized spacial score (nSPS) is 11.4. The Labute approximate surface area is 160 Å². The van der Waals surface area contributed by atoms with E-state index in [1.54, 1.807) is 24.3 Å². The highest BCUT2D eigenvalue weighted by Crippen LogP contribution is 2.26. The van der Waals surface area contributed by atoms with Gasteiger partial charge in [-0.2, -0.15) is 9.94 Å². The molecule has 8 heteroatoms. The van der Waals surface area contributed by atoms with Crippen LogP contribution in [0.3, 0.4) is 0 Å². The zero-order valence-electron chi connectivity index (χ0n) is 14.8. The summed E-state index contributed by atoms with van der Waals surface area (Å²) < 4.78 is 1.47. The second-order valence-electron chi connectivity index (χ2n) is 5.96. The number of aliphatic imine (C=N–C) groups is 1. The molecule has 0 radical (unpaired) electrons. The van der Waals surface area contributed by atoms with Gasteiger partial charge in [-0.1, -0.05) is 36.4 Å². The van der Waals surface area contributed by atoms with Gasteiger partial charge in [-0.15, -0.1) is 5.10 Å². The number of nitrogens with one attached hydrogen (secondary N) is 1. The molecule has 3 aromatic carbocycles. The molecule has 0 amide bonds. The van der Waals surface area contributed by atoms with E-state index >= 15 is 0 Å². The number of nitriles is 1. The molecule has 4 aromatic rings. The number of benzene rings is 3. The first-order chi connectivity index (χ1) is 13.8. The zero-order chi connectivity index (χ0) is 19.3. The van der Waals surface area contributed by atoms with Crippen LogP contribution in [0.25, 0.3) is 10.8 Å². The van der Waals surface area contributed by atoms with Crippen molar-refractivity contribution in [3.63, 3.8) is 0 Å². The molecule has 0 spiro atoms. The molecule has 3 N–H and O–H groups in total. The molecule has 28 heavy (non-hydrogen) atoms. The number of anilines is 1. The average Bonchev–Trinajstić information content (AvgIpc) is 3.23. The Bertz CT molecular complexity index is 1180. The van der Waals surface area contributed by atoms with Crippen molar-refractivity contribution in [2.75, 3.05) is 5.32 Å². The fourth-order valence-electron chi connectivity index (χ4n) is 2.80. The van der Waals surface area contributed by atoms with Gasteiger partial charge < -0.3 is 11.1 Å². The molecule has 1 aromatic heterocycles. The van der Waals surface area contributed by atoms with Gasteiger partial charge in [-0.05, 0) is 46.1 Å². The van der Waals surface area contributed by atoms with Gasteiger partial charge in [0.05, 0.1) is 23.9 Å². The number of hydrogen-bond acceptors (Lipinski definition) is 6. The molecule has 0 saturated carbocycles. The van der Waals surface area contributed by atoms with Crippen molar-refractivity contribution in [2.24, 2.45) is 10.7 Å². The summed E-state index contributed by atoms with van der Waals surface area (Å²) in [6.07, 6.45) is 0. The van der Waals surface area contributed by atoms with Crippen LogP contribution in [0.2, 0.25) is 0 Å². The molecule has 0 fully saturated rings. The van der Waals surface area contributed by atoms with Crippen molar-refractivity contribution in [3.8, 4) is 6.07 Å². The van der Waals surface area contributed by atoms with E-state index in [4.69, 9.17) is 16.0 Å². The van der Waals surface area contributed by atoms with Gasteiger partial charge in [0.2, 0.25) is 5.96 Å². The molecule has 0 aliphatic heterocycles. The molecule has 0 atom stereocenters. The molecule has 0 aliphatic carbocycles. The number of tetrazole rings is 1. The van der Waals surface area contributed by atoms with Crippen molar-refractivity contribution in [1.82, 2.24) is 20.2 Å². The van der Waals surface area contributed by atoms with Crippen LogP contribution in [-0.2, 0) is 6.54 Å². The number of rotatable bonds is 3. The maximum absolute atomic E-state index is 8.99. The molecule has 0 unspecified atom stereocenters. The number of aromatic nitrogens is 4. The summed E-state index contributed by atoms with van der Waals surface area (Å²) in [7, 11) is 0. The maximum atomic E-state index is 8.99. The lowest BCUT2D eigenvalue weighted by Gasteiger charge is -2.11. The molecule has 0 bridgehead atoms. The van der Waals surface area contributed by atoms with Crippen molar-refractivity contribution < 1.29 is 0 Å². The zero-order valence-corrected chi connectivity index (χ0v) is 14.8. The average molecular weight is 368 g/mol. The van der Waals surface area contributed by atoms with Crippen molar-refractivity contribution in [2.45, 2.75) is 6.54 Å². The van der Waals surface area contributed by atoms with Crippen LogP contribution in [-0.4, -0.2) is 26.2 Å². The largest absolute Gasteiger partial charge is 0.324 e. The minimum atomic E-state index is 0.163. The van der Waals surface area contributed by atoms with Crippen LogP contribution >= 0.6 is 0 Å². The molecule has 4 rings (SSSR count). The Hall–Kier alpha value is -4.09. The fourth-order valence-corrected chi connectivity index (χ4v) is 2.80. The smallest absolute Gasteiger partial charge is 0.232 e. The van der Waals surface area contributed by atoms with E-state index in [2.05, 4.69) is 26.9 Å². The van der Waals surface area contributed by atoms with E-state index in [1.165, 1.54) is 4.68 Å². The number of nitrogens with zero attached hydrogens (tertiary/aromatic N) is 6. The lowest BCUT2D eigenvalue weighted by Crippen LogP contribution is -2.26. The van der Waals surface area contributed by atoms with Crippen LogP contribution in [0.1, 0.15) is 11.4 Å². The number of hydrogen-bond donors (Lipinski definition) is 2.